The predicted molar refractivity (Wildman–Crippen MR) is 105 cm³/mol. The highest BCUT2D eigenvalue weighted by molar-refractivity contribution is 5.72. The molecular weight excluding hydrogens is 378 g/mol. The van der Waals surface area contributed by atoms with Gasteiger partial charge in [0.15, 0.2) is 6.17 Å². The summed E-state index contributed by atoms with van der Waals surface area (Å²) in [4.78, 5) is 14.2. The Kier molecular flexibility index (Phi) is 4.36. The first kappa shape index (κ1) is 19.7. The number of halogens is 2. The van der Waals surface area contributed by atoms with Gasteiger partial charge in [-0.15, -0.1) is 0 Å². The minimum Gasteiger partial charge on any atom is -0.444 e. The number of aromatic nitrogens is 2. The molecule has 29 heavy (non-hydrogen) atoms. The van der Waals surface area contributed by atoms with Gasteiger partial charge in [0, 0.05) is 5.56 Å². The number of anilines is 1. The summed E-state index contributed by atoms with van der Waals surface area (Å²) in [7, 11) is 0. The number of ether oxygens (including phenoxy) is 1. The predicted octanol–water partition coefficient (Wildman–Crippen LogP) is 4.68. The maximum absolute atomic E-state index is 15.4. The summed E-state index contributed by atoms with van der Waals surface area (Å²) in [5.74, 6) is -0.0188. The van der Waals surface area contributed by atoms with E-state index in [2.05, 4.69) is 5.10 Å². The Balaban J connectivity index is 1.79. The van der Waals surface area contributed by atoms with Crippen molar-refractivity contribution in [1.82, 2.24) is 14.7 Å². The molecule has 2 aliphatic heterocycles. The number of carbonyl (C=O) groups is 1. The summed E-state index contributed by atoms with van der Waals surface area (Å²) in [5, 5.41) is 4.44. The standard InChI is InChI=1S/C21H26F2N4O2/c1-10-8-12(9-11(2)16(10)22)27-19(24)15-13-6-7-14(17(23)18(15)25-27)26(13)20(28)29-21(3,4)5/h8-9,13-14,17H,6-7,24H2,1-5H3/t13-,14+,17-/m0/s1. The molecule has 1 fully saturated rings. The van der Waals surface area contributed by atoms with Crippen LogP contribution in [0.1, 0.15) is 68.2 Å². The van der Waals surface area contributed by atoms with Crippen molar-refractivity contribution < 1.29 is 18.3 Å². The Hall–Kier alpha value is -2.64. The van der Waals surface area contributed by atoms with Gasteiger partial charge in [-0.2, -0.15) is 5.10 Å². The van der Waals surface area contributed by atoms with Crippen molar-refractivity contribution in [2.24, 2.45) is 0 Å². The van der Waals surface area contributed by atoms with Gasteiger partial charge in [-0.1, -0.05) is 0 Å². The Morgan fingerprint density at radius 2 is 1.86 bits per heavy atom. The van der Waals surface area contributed by atoms with Crippen LogP contribution >= 0.6 is 0 Å². The van der Waals surface area contributed by atoms with Crippen molar-refractivity contribution >= 4 is 11.9 Å². The lowest BCUT2D eigenvalue weighted by molar-refractivity contribution is 0.00115. The lowest BCUT2D eigenvalue weighted by atomic mass is 9.98. The quantitative estimate of drug-likeness (QED) is 0.749. The number of fused-ring (bicyclic) bond motifs is 4. The first-order valence-corrected chi connectivity index (χ1v) is 9.80. The molecule has 156 valence electrons. The molecule has 1 aromatic carbocycles. The third-order valence-corrected chi connectivity index (χ3v) is 5.62. The molecule has 1 aromatic heterocycles. The average molecular weight is 404 g/mol. The van der Waals surface area contributed by atoms with Crippen LogP contribution in [0.3, 0.4) is 0 Å². The van der Waals surface area contributed by atoms with Crippen molar-refractivity contribution in [3.05, 3.63) is 40.3 Å². The lowest BCUT2D eigenvalue weighted by Gasteiger charge is -2.37. The highest BCUT2D eigenvalue weighted by atomic mass is 19.1. The first-order chi connectivity index (χ1) is 13.5. The number of nitrogens with two attached hydrogens (primary N) is 1. The molecule has 1 saturated heterocycles. The fraction of sp³-hybridized carbons (Fsp3) is 0.524. The molecule has 2 aromatic rings. The molecule has 1 amide bonds. The summed E-state index contributed by atoms with van der Waals surface area (Å²) in [5.41, 5.74) is 7.99. The molecule has 0 saturated carbocycles. The molecule has 0 radical (unpaired) electrons. The Labute approximate surface area is 168 Å². The van der Waals surface area contributed by atoms with Crippen molar-refractivity contribution in [3.8, 4) is 5.69 Å². The van der Waals surface area contributed by atoms with E-state index in [9.17, 15) is 9.18 Å². The topological polar surface area (TPSA) is 73.4 Å². The van der Waals surface area contributed by atoms with Crippen LogP contribution in [0.15, 0.2) is 12.1 Å². The van der Waals surface area contributed by atoms with Crippen LogP contribution in [-0.2, 0) is 4.74 Å². The number of nitrogens with zero attached hydrogens (tertiary/aromatic N) is 3. The van der Waals surface area contributed by atoms with Crippen molar-refractivity contribution in [1.29, 1.82) is 0 Å². The zero-order valence-electron chi connectivity index (χ0n) is 17.3. The van der Waals surface area contributed by atoms with E-state index in [1.54, 1.807) is 46.8 Å². The monoisotopic (exact) mass is 404 g/mol. The molecule has 2 N–H and O–H groups in total. The Morgan fingerprint density at radius 3 is 2.45 bits per heavy atom. The summed E-state index contributed by atoms with van der Waals surface area (Å²) >= 11 is 0. The molecule has 2 bridgehead atoms. The van der Waals surface area contributed by atoms with E-state index >= 15 is 4.39 Å². The number of hydrogen-bond acceptors (Lipinski definition) is 4. The second-order valence-electron chi connectivity index (χ2n) is 8.94. The van der Waals surface area contributed by atoms with E-state index < -0.39 is 23.9 Å². The van der Waals surface area contributed by atoms with E-state index in [0.29, 0.717) is 35.2 Å². The largest absolute Gasteiger partial charge is 0.444 e. The fourth-order valence-corrected chi connectivity index (χ4v) is 4.42. The first-order valence-electron chi connectivity index (χ1n) is 9.80. The van der Waals surface area contributed by atoms with Crippen LogP contribution in [0, 0.1) is 19.7 Å². The number of rotatable bonds is 1. The minimum absolute atomic E-state index is 0.259. The number of aryl methyl sites for hydroxylation is 2. The second kappa shape index (κ2) is 6.43. The minimum atomic E-state index is -1.46. The highest BCUT2D eigenvalue weighted by Gasteiger charge is 2.52. The molecular formula is C21H26F2N4O2. The van der Waals surface area contributed by atoms with Crippen LogP contribution in [0.25, 0.3) is 5.69 Å². The van der Waals surface area contributed by atoms with Crippen molar-refractivity contribution in [2.45, 2.75) is 71.3 Å². The molecule has 3 heterocycles. The van der Waals surface area contributed by atoms with Gasteiger partial charge in [0.2, 0.25) is 0 Å². The average Bonchev–Trinajstić information content (AvgIpc) is 3.15. The van der Waals surface area contributed by atoms with E-state index in [1.807, 2.05) is 0 Å². The summed E-state index contributed by atoms with van der Waals surface area (Å²) < 4.78 is 36.4. The molecule has 0 spiro atoms. The number of amides is 1. The fourth-order valence-electron chi connectivity index (χ4n) is 4.42. The SMILES string of the molecule is Cc1cc(-n2nc3c(c2N)[C@@H]2CC[C@H]([C@@H]3F)N2C(=O)OC(C)(C)C)cc(C)c1F. The van der Waals surface area contributed by atoms with Crippen LogP contribution in [-0.4, -0.2) is 32.4 Å². The summed E-state index contributed by atoms with van der Waals surface area (Å²) in [6.45, 7) is 8.66. The number of benzene rings is 1. The van der Waals surface area contributed by atoms with E-state index in [4.69, 9.17) is 10.5 Å². The number of carbonyl (C=O) groups excluding carboxylic acids is 1. The zero-order valence-corrected chi connectivity index (χ0v) is 17.3. The molecule has 6 nitrogen and oxygen atoms in total. The summed E-state index contributed by atoms with van der Waals surface area (Å²) in [6.07, 6.45) is -0.883. The molecule has 3 atom stereocenters. The molecule has 2 aliphatic rings. The molecule has 4 rings (SSSR count). The Bertz CT molecular complexity index is 972. The van der Waals surface area contributed by atoms with Crippen LogP contribution in [0.4, 0.5) is 19.4 Å². The van der Waals surface area contributed by atoms with Crippen molar-refractivity contribution in [3.63, 3.8) is 0 Å². The smallest absolute Gasteiger partial charge is 0.411 e. The second-order valence-corrected chi connectivity index (χ2v) is 8.94. The van der Waals surface area contributed by atoms with Gasteiger partial charge in [-0.25, -0.2) is 18.3 Å². The zero-order chi connectivity index (χ0) is 21.2. The van der Waals surface area contributed by atoms with Gasteiger partial charge >= 0.3 is 6.09 Å². The van der Waals surface area contributed by atoms with Gasteiger partial charge in [0.25, 0.3) is 0 Å². The highest BCUT2D eigenvalue weighted by Crippen LogP contribution is 2.52. The number of hydrogen-bond donors (Lipinski definition) is 1. The summed E-state index contributed by atoms with van der Waals surface area (Å²) in [6, 6.07) is 2.26. The molecule has 0 unspecified atom stereocenters. The molecule has 0 aliphatic carbocycles. The lowest BCUT2D eigenvalue weighted by Crippen LogP contribution is -2.45. The maximum atomic E-state index is 15.4. The number of alkyl halides is 1. The van der Waals surface area contributed by atoms with Gasteiger partial charge in [0.1, 0.15) is 22.9 Å². The van der Waals surface area contributed by atoms with E-state index in [0.717, 1.165) is 0 Å². The van der Waals surface area contributed by atoms with Crippen LogP contribution in [0.5, 0.6) is 0 Å². The third-order valence-electron chi connectivity index (χ3n) is 5.62. The van der Waals surface area contributed by atoms with Crippen LogP contribution in [0.2, 0.25) is 0 Å². The number of nitrogen functional groups attached to an aromatic ring is 1. The normalized spacial score (nSPS) is 23.3. The maximum Gasteiger partial charge on any atom is 0.411 e. The van der Waals surface area contributed by atoms with Gasteiger partial charge in [0.05, 0.1) is 17.8 Å². The molecule has 8 heteroatoms. The van der Waals surface area contributed by atoms with E-state index in [-0.39, 0.29) is 23.4 Å². The third kappa shape index (κ3) is 3.05. The van der Waals surface area contributed by atoms with Gasteiger partial charge in [-0.3, -0.25) is 4.90 Å². The van der Waals surface area contributed by atoms with Crippen LogP contribution < -0.4 is 5.73 Å². The van der Waals surface area contributed by atoms with Gasteiger partial charge in [-0.05, 0) is 70.7 Å². The van der Waals surface area contributed by atoms with E-state index in [1.165, 1.54) is 9.58 Å². The van der Waals surface area contributed by atoms with Crippen molar-refractivity contribution in [2.75, 3.05) is 5.73 Å². The Morgan fingerprint density at radius 1 is 1.24 bits per heavy atom. The van der Waals surface area contributed by atoms with Gasteiger partial charge < -0.3 is 10.5 Å².